The van der Waals surface area contributed by atoms with Gasteiger partial charge >= 0.3 is 0 Å². The number of nitrogen functional groups attached to an aromatic ring is 1. The molecule has 3 N–H and O–H groups in total. The maximum absolute atomic E-state index is 12.4. The third-order valence-corrected chi connectivity index (χ3v) is 1.31. The van der Waals surface area contributed by atoms with Crippen LogP contribution in [-0.4, -0.2) is 18.0 Å². The first kappa shape index (κ1) is 9.63. The summed E-state index contributed by atoms with van der Waals surface area (Å²) in [4.78, 5) is 3.51. The molecule has 0 aliphatic carbocycles. The molecule has 0 unspecified atom stereocenters. The molecule has 0 radical (unpaired) electrons. The van der Waals surface area contributed by atoms with Gasteiger partial charge in [0.15, 0.2) is 0 Å². The second-order valence-corrected chi connectivity index (χ2v) is 2.36. The Morgan fingerprint density at radius 3 is 2.77 bits per heavy atom. The highest BCUT2D eigenvalue weighted by atomic mass is 19.3. The zero-order chi connectivity index (χ0) is 9.84. The lowest BCUT2D eigenvalue weighted by Gasteiger charge is -2.06. The second-order valence-electron chi connectivity index (χ2n) is 2.36. The largest absolute Gasteiger partial charge is 0.396 e. The molecule has 0 saturated heterocycles. The van der Waals surface area contributed by atoms with Gasteiger partial charge < -0.3 is 11.1 Å². The lowest BCUT2D eigenvalue weighted by Crippen LogP contribution is -2.12. The van der Waals surface area contributed by atoms with Crippen LogP contribution >= 0.6 is 0 Å². The molecule has 0 atom stereocenters. The smallest absolute Gasteiger partial charge is 0.255 e. The maximum Gasteiger partial charge on any atom is 0.255 e. The number of pyridine rings is 1. The van der Waals surface area contributed by atoms with E-state index < -0.39 is 18.8 Å². The van der Waals surface area contributed by atoms with E-state index >= 15 is 0 Å². The van der Waals surface area contributed by atoms with Gasteiger partial charge in [0, 0.05) is 6.07 Å². The average Bonchev–Trinajstić information content (AvgIpc) is 2.02. The van der Waals surface area contributed by atoms with Crippen LogP contribution in [0.25, 0.3) is 0 Å². The van der Waals surface area contributed by atoms with Crippen molar-refractivity contribution in [2.75, 3.05) is 17.6 Å². The molecule has 13 heavy (non-hydrogen) atoms. The van der Waals surface area contributed by atoms with Crippen molar-refractivity contribution in [1.82, 2.24) is 4.98 Å². The summed E-state index contributed by atoms with van der Waals surface area (Å²) in [7, 11) is 0. The number of anilines is 2. The number of hydrogen-bond acceptors (Lipinski definition) is 3. The van der Waals surface area contributed by atoms with Crippen LogP contribution in [0.15, 0.2) is 12.3 Å². The monoisotopic (exact) mass is 191 g/mol. The fourth-order valence-corrected chi connectivity index (χ4v) is 0.776. The van der Waals surface area contributed by atoms with Crippen LogP contribution in [0.1, 0.15) is 0 Å². The Bertz CT molecular complexity index is 290. The molecule has 0 aliphatic heterocycles. The molecule has 0 fully saturated rings. The number of nitrogens with one attached hydrogen (secondary N) is 1. The molecule has 1 aromatic heterocycles. The number of nitrogens with zero attached hydrogens (tertiary/aromatic N) is 1. The number of nitrogens with two attached hydrogens (primary N) is 1. The zero-order valence-corrected chi connectivity index (χ0v) is 6.60. The topological polar surface area (TPSA) is 50.9 Å². The predicted octanol–water partition coefficient (Wildman–Crippen LogP) is 1.48. The summed E-state index contributed by atoms with van der Waals surface area (Å²) in [5.74, 6) is -0.526. The minimum Gasteiger partial charge on any atom is -0.396 e. The molecule has 0 bridgehead atoms. The average molecular weight is 191 g/mol. The predicted molar refractivity (Wildman–Crippen MR) is 43.1 cm³/mol. The highest BCUT2D eigenvalue weighted by Gasteiger charge is 2.05. The molecular weight excluding hydrogens is 183 g/mol. The summed E-state index contributed by atoms with van der Waals surface area (Å²) in [5.41, 5.74) is 5.31. The molecule has 0 spiro atoms. The van der Waals surface area contributed by atoms with E-state index in [0.717, 1.165) is 12.3 Å². The molecule has 6 heteroatoms. The van der Waals surface area contributed by atoms with Crippen molar-refractivity contribution in [3.05, 3.63) is 18.1 Å². The van der Waals surface area contributed by atoms with Gasteiger partial charge in [-0.1, -0.05) is 0 Å². The van der Waals surface area contributed by atoms with Gasteiger partial charge in [0.2, 0.25) is 0 Å². The maximum atomic E-state index is 12.4. The Hall–Kier alpha value is -1.46. The number of aromatic nitrogens is 1. The standard InChI is InChI=1S/C7H8F3N3/c8-4-1-5(11)7(12-2-4)13-3-6(9)10/h1-2,6H,3,11H2,(H,12,13). The molecule has 1 heterocycles. The van der Waals surface area contributed by atoms with Crippen LogP contribution in [0.4, 0.5) is 24.7 Å². The summed E-state index contributed by atoms with van der Waals surface area (Å²) < 4.78 is 35.9. The van der Waals surface area contributed by atoms with Gasteiger partial charge in [0.1, 0.15) is 11.6 Å². The molecule has 0 saturated carbocycles. The normalized spacial score (nSPS) is 10.5. The van der Waals surface area contributed by atoms with Crippen molar-refractivity contribution in [3.8, 4) is 0 Å². The van der Waals surface area contributed by atoms with Crippen molar-refractivity contribution in [2.24, 2.45) is 0 Å². The molecule has 0 aliphatic rings. The van der Waals surface area contributed by atoms with E-state index in [0.29, 0.717) is 0 Å². The highest BCUT2D eigenvalue weighted by molar-refractivity contribution is 5.60. The number of alkyl halides is 2. The number of hydrogen-bond donors (Lipinski definition) is 2. The van der Waals surface area contributed by atoms with Crippen molar-refractivity contribution in [2.45, 2.75) is 6.43 Å². The third-order valence-electron chi connectivity index (χ3n) is 1.31. The quantitative estimate of drug-likeness (QED) is 0.760. The Kier molecular flexibility index (Phi) is 2.94. The van der Waals surface area contributed by atoms with Crippen molar-refractivity contribution < 1.29 is 13.2 Å². The van der Waals surface area contributed by atoms with Crippen molar-refractivity contribution >= 4 is 11.5 Å². The second kappa shape index (κ2) is 3.97. The van der Waals surface area contributed by atoms with E-state index in [1.165, 1.54) is 0 Å². The Labute approximate surface area is 72.8 Å². The summed E-state index contributed by atoms with van der Waals surface area (Å²) in [6, 6.07) is 1.01. The summed E-state index contributed by atoms with van der Waals surface area (Å²) >= 11 is 0. The van der Waals surface area contributed by atoms with Gasteiger partial charge in [-0.05, 0) is 0 Å². The lowest BCUT2D eigenvalue weighted by atomic mass is 10.4. The van der Waals surface area contributed by atoms with E-state index in [-0.39, 0.29) is 11.5 Å². The van der Waals surface area contributed by atoms with Gasteiger partial charge in [0.25, 0.3) is 6.43 Å². The van der Waals surface area contributed by atoms with E-state index in [4.69, 9.17) is 5.73 Å². The van der Waals surface area contributed by atoms with Gasteiger partial charge in [0.05, 0.1) is 18.4 Å². The van der Waals surface area contributed by atoms with E-state index in [9.17, 15) is 13.2 Å². The summed E-state index contributed by atoms with van der Waals surface area (Å²) in [6.45, 7) is -0.553. The van der Waals surface area contributed by atoms with Gasteiger partial charge in [-0.3, -0.25) is 0 Å². The first-order valence-electron chi connectivity index (χ1n) is 3.52. The molecule has 3 nitrogen and oxygen atoms in total. The fourth-order valence-electron chi connectivity index (χ4n) is 0.776. The Morgan fingerprint density at radius 2 is 2.23 bits per heavy atom. The minimum absolute atomic E-state index is 0.0145. The molecule has 0 aromatic carbocycles. The first-order valence-corrected chi connectivity index (χ1v) is 3.52. The lowest BCUT2D eigenvalue weighted by molar-refractivity contribution is 0.163. The van der Waals surface area contributed by atoms with Crippen LogP contribution in [0.5, 0.6) is 0 Å². The van der Waals surface area contributed by atoms with Crippen LogP contribution < -0.4 is 11.1 Å². The molecule has 72 valence electrons. The molecule has 1 rings (SSSR count). The van der Waals surface area contributed by atoms with Crippen LogP contribution in [0.2, 0.25) is 0 Å². The van der Waals surface area contributed by atoms with E-state index in [2.05, 4.69) is 10.3 Å². The Balaban J connectivity index is 2.67. The van der Waals surface area contributed by atoms with Crippen LogP contribution in [-0.2, 0) is 0 Å². The first-order chi connectivity index (χ1) is 6.09. The summed E-state index contributed by atoms with van der Waals surface area (Å²) in [5, 5.41) is 2.29. The van der Waals surface area contributed by atoms with Crippen molar-refractivity contribution in [1.29, 1.82) is 0 Å². The minimum atomic E-state index is -2.49. The SMILES string of the molecule is Nc1cc(F)cnc1NCC(F)F. The van der Waals surface area contributed by atoms with Gasteiger partial charge in [-0.15, -0.1) is 0 Å². The summed E-state index contributed by atoms with van der Waals surface area (Å²) in [6.07, 6.45) is -1.59. The van der Waals surface area contributed by atoms with E-state index in [1.54, 1.807) is 0 Å². The third kappa shape index (κ3) is 2.81. The molecule has 0 amide bonds. The highest BCUT2D eigenvalue weighted by Crippen LogP contribution is 2.15. The molecule has 1 aromatic rings. The molecular formula is C7H8F3N3. The number of halogens is 3. The van der Waals surface area contributed by atoms with Gasteiger partial charge in [-0.2, -0.15) is 0 Å². The zero-order valence-electron chi connectivity index (χ0n) is 6.60. The van der Waals surface area contributed by atoms with Crippen LogP contribution in [0.3, 0.4) is 0 Å². The van der Waals surface area contributed by atoms with Crippen LogP contribution in [0, 0.1) is 5.82 Å². The fraction of sp³-hybridized carbons (Fsp3) is 0.286. The number of rotatable bonds is 3. The Morgan fingerprint density at radius 1 is 1.54 bits per heavy atom. The van der Waals surface area contributed by atoms with E-state index in [1.807, 2.05) is 0 Å². The van der Waals surface area contributed by atoms with Gasteiger partial charge in [-0.25, -0.2) is 18.2 Å². The van der Waals surface area contributed by atoms with Crippen molar-refractivity contribution in [3.63, 3.8) is 0 Å².